The number of nitrogens with one attached hydrogen (secondary N) is 1. The number of benzene rings is 1. The molecule has 0 bridgehead atoms. The predicted octanol–water partition coefficient (Wildman–Crippen LogP) is 4.66. The van der Waals surface area contributed by atoms with Crippen molar-refractivity contribution < 1.29 is 17.6 Å². The van der Waals surface area contributed by atoms with Gasteiger partial charge in [0.05, 0.1) is 16.6 Å². The highest BCUT2D eigenvalue weighted by Crippen LogP contribution is 2.32. The lowest BCUT2D eigenvalue weighted by Crippen LogP contribution is -2.39. The van der Waals surface area contributed by atoms with Crippen LogP contribution in [-0.4, -0.2) is 10.9 Å². The van der Waals surface area contributed by atoms with Crippen molar-refractivity contribution in [2.75, 3.05) is 5.32 Å². The van der Waals surface area contributed by atoms with Gasteiger partial charge in [-0.2, -0.15) is 13.2 Å². The van der Waals surface area contributed by atoms with Crippen LogP contribution in [0.25, 0.3) is 0 Å². The average Bonchev–Trinajstić information content (AvgIpc) is 2.19. The lowest BCUT2D eigenvalue weighted by molar-refractivity contribution is -0.137. The van der Waals surface area contributed by atoms with Crippen LogP contribution >= 0.6 is 11.6 Å². The number of alkyl halides is 4. The van der Waals surface area contributed by atoms with E-state index >= 15 is 0 Å². The molecule has 0 radical (unpaired) electrons. The molecule has 18 heavy (non-hydrogen) atoms. The average molecular weight is 284 g/mol. The molecule has 1 aromatic rings. The van der Waals surface area contributed by atoms with Gasteiger partial charge in [0.25, 0.3) is 0 Å². The molecular formula is C12H14ClF4N. The quantitative estimate of drug-likeness (QED) is 0.628. The van der Waals surface area contributed by atoms with Gasteiger partial charge in [-0.25, -0.2) is 4.39 Å². The number of anilines is 1. The zero-order valence-electron chi connectivity index (χ0n) is 10.2. The molecule has 0 heterocycles. The standard InChI is InChI=1S/C12H14ClF4N/c1-7(13)11(2,3)18-10-5-4-8(6-9(10)14)12(15,16)17/h4-7,18H,1-3H3. The Morgan fingerprint density at radius 2 is 1.78 bits per heavy atom. The third-order valence-electron chi connectivity index (χ3n) is 2.75. The lowest BCUT2D eigenvalue weighted by Gasteiger charge is -2.30. The van der Waals surface area contributed by atoms with Gasteiger partial charge >= 0.3 is 6.18 Å². The van der Waals surface area contributed by atoms with Gasteiger partial charge in [-0.3, -0.25) is 0 Å². The first-order valence-electron chi connectivity index (χ1n) is 5.33. The lowest BCUT2D eigenvalue weighted by atomic mass is 10.0. The molecule has 1 rings (SSSR count). The Kier molecular flexibility index (Phi) is 4.15. The van der Waals surface area contributed by atoms with Gasteiger partial charge in [-0.15, -0.1) is 11.6 Å². The minimum absolute atomic E-state index is 0.000463. The predicted molar refractivity (Wildman–Crippen MR) is 64.4 cm³/mol. The molecule has 1 aromatic carbocycles. The van der Waals surface area contributed by atoms with E-state index in [1.807, 2.05) is 0 Å². The first-order chi connectivity index (χ1) is 8.04. The van der Waals surface area contributed by atoms with E-state index in [4.69, 9.17) is 11.6 Å². The Bertz CT molecular complexity index is 427. The third-order valence-corrected chi connectivity index (χ3v) is 3.29. The van der Waals surface area contributed by atoms with Gasteiger partial charge in [-0.1, -0.05) is 0 Å². The molecule has 1 nitrogen and oxygen atoms in total. The molecule has 0 aliphatic rings. The number of hydrogen-bond donors (Lipinski definition) is 1. The van der Waals surface area contributed by atoms with Crippen molar-refractivity contribution in [3.05, 3.63) is 29.6 Å². The molecule has 0 aliphatic carbocycles. The van der Waals surface area contributed by atoms with Crippen molar-refractivity contribution in [2.45, 2.75) is 37.9 Å². The van der Waals surface area contributed by atoms with E-state index in [1.54, 1.807) is 20.8 Å². The fourth-order valence-electron chi connectivity index (χ4n) is 1.24. The molecule has 1 unspecified atom stereocenters. The summed E-state index contributed by atoms with van der Waals surface area (Å²) in [6.07, 6.45) is -4.55. The summed E-state index contributed by atoms with van der Waals surface area (Å²) < 4.78 is 50.6. The van der Waals surface area contributed by atoms with Crippen LogP contribution in [0, 0.1) is 5.82 Å². The van der Waals surface area contributed by atoms with Gasteiger partial charge in [-0.05, 0) is 39.0 Å². The van der Waals surface area contributed by atoms with Gasteiger partial charge in [0.2, 0.25) is 0 Å². The van der Waals surface area contributed by atoms with Crippen LogP contribution in [0.2, 0.25) is 0 Å². The van der Waals surface area contributed by atoms with Crippen LogP contribution in [-0.2, 0) is 6.18 Å². The van der Waals surface area contributed by atoms with E-state index in [1.165, 1.54) is 0 Å². The zero-order chi connectivity index (χ0) is 14.1. The van der Waals surface area contributed by atoms with Crippen LogP contribution in [0.3, 0.4) is 0 Å². The molecule has 0 saturated carbocycles. The van der Waals surface area contributed by atoms with E-state index in [0.29, 0.717) is 6.07 Å². The molecule has 0 spiro atoms. The SMILES string of the molecule is CC(Cl)C(C)(C)Nc1ccc(C(F)(F)F)cc1F. The molecular weight excluding hydrogens is 270 g/mol. The molecule has 1 N–H and O–H groups in total. The fraction of sp³-hybridized carbons (Fsp3) is 0.500. The summed E-state index contributed by atoms with van der Waals surface area (Å²) in [5.74, 6) is -0.949. The monoisotopic (exact) mass is 283 g/mol. The minimum atomic E-state index is -4.55. The highest BCUT2D eigenvalue weighted by Gasteiger charge is 2.32. The van der Waals surface area contributed by atoms with Gasteiger partial charge in [0, 0.05) is 5.54 Å². The molecule has 0 fully saturated rings. The fourth-order valence-corrected chi connectivity index (χ4v) is 1.29. The van der Waals surface area contributed by atoms with Crippen molar-refractivity contribution in [1.29, 1.82) is 0 Å². The summed E-state index contributed by atoms with van der Waals surface area (Å²) in [7, 11) is 0. The van der Waals surface area contributed by atoms with Crippen molar-refractivity contribution >= 4 is 17.3 Å². The number of halogens is 5. The Hall–Kier alpha value is -0.970. The maximum absolute atomic E-state index is 13.6. The Morgan fingerprint density at radius 3 is 2.17 bits per heavy atom. The van der Waals surface area contributed by atoms with E-state index in [0.717, 1.165) is 12.1 Å². The van der Waals surface area contributed by atoms with Crippen molar-refractivity contribution in [3.8, 4) is 0 Å². The minimum Gasteiger partial charge on any atom is -0.376 e. The molecule has 1 atom stereocenters. The largest absolute Gasteiger partial charge is 0.416 e. The van der Waals surface area contributed by atoms with E-state index < -0.39 is 23.1 Å². The third kappa shape index (κ3) is 3.51. The topological polar surface area (TPSA) is 12.0 Å². The second kappa shape index (κ2) is 4.96. The summed E-state index contributed by atoms with van der Waals surface area (Å²) >= 11 is 5.91. The van der Waals surface area contributed by atoms with Crippen LogP contribution in [0.15, 0.2) is 18.2 Å². The Balaban J connectivity index is 3.01. The highest BCUT2D eigenvalue weighted by molar-refractivity contribution is 6.21. The molecule has 6 heteroatoms. The first kappa shape index (κ1) is 15.1. The normalized spacial score (nSPS) is 14.4. The highest BCUT2D eigenvalue weighted by atomic mass is 35.5. The zero-order valence-corrected chi connectivity index (χ0v) is 11.0. The van der Waals surface area contributed by atoms with Crippen molar-refractivity contribution in [3.63, 3.8) is 0 Å². The summed E-state index contributed by atoms with van der Waals surface area (Å²) in [5.41, 5.74) is -1.65. The summed E-state index contributed by atoms with van der Waals surface area (Å²) in [5, 5.41) is 2.47. The number of hydrogen-bond acceptors (Lipinski definition) is 1. The Labute approximate surface area is 108 Å². The maximum Gasteiger partial charge on any atom is 0.416 e. The maximum atomic E-state index is 13.6. The summed E-state index contributed by atoms with van der Waals surface area (Å²) in [6, 6.07) is 2.37. The van der Waals surface area contributed by atoms with Crippen LogP contribution in [0.5, 0.6) is 0 Å². The van der Waals surface area contributed by atoms with Gasteiger partial charge in [0.1, 0.15) is 5.82 Å². The van der Waals surface area contributed by atoms with E-state index in [2.05, 4.69) is 5.32 Å². The van der Waals surface area contributed by atoms with Crippen molar-refractivity contribution in [1.82, 2.24) is 0 Å². The molecule has 0 aromatic heterocycles. The van der Waals surface area contributed by atoms with Crippen LogP contribution < -0.4 is 5.32 Å². The number of rotatable bonds is 3. The van der Waals surface area contributed by atoms with Crippen LogP contribution in [0.1, 0.15) is 26.3 Å². The molecule has 0 amide bonds. The smallest absolute Gasteiger partial charge is 0.376 e. The second-order valence-corrected chi connectivity index (χ2v) is 5.31. The van der Waals surface area contributed by atoms with Gasteiger partial charge < -0.3 is 5.32 Å². The van der Waals surface area contributed by atoms with Gasteiger partial charge in [0.15, 0.2) is 0 Å². The molecule has 0 saturated heterocycles. The summed E-state index contributed by atoms with van der Waals surface area (Å²) in [6.45, 7) is 5.19. The van der Waals surface area contributed by atoms with E-state index in [-0.39, 0.29) is 11.1 Å². The van der Waals surface area contributed by atoms with E-state index in [9.17, 15) is 17.6 Å². The first-order valence-corrected chi connectivity index (χ1v) is 5.76. The summed E-state index contributed by atoms with van der Waals surface area (Å²) in [4.78, 5) is 0. The van der Waals surface area contributed by atoms with Crippen molar-refractivity contribution in [2.24, 2.45) is 0 Å². The van der Waals surface area contributed by atoms with Crippen LogP contribution in [0.4, 0.5) is 23.2 Å². The Morgan fingerprint density at radius 1 is 1.22 bits per heavy atom. The molecule has 102 valence electrons. The second-order valence-electron chi connectivity index (χ2n) is 4.66. The molecule has 0 aliphatic heterocycles.